The van der Waals surface area contributed by atoms with E-state index in [1.807, 2.05) is 24.3 Å². The van der Waals surface area contributed by atoms with Crippen molar-refractivity contribution in [1.82, 2.24) is 25.0 Å². The van der Waals surface area contributed by atoms with Crippen molar-refractivity contribution in [3.63, 3.8) is 0 Å². The van der Waals surface area contributed by atoms with E-state index >= 15 is 0 Å². The van der Waals surface area contributed by atoms with Crippen LogP contribution in [0.5, 0.6) is 0 Å². The van der Waals surface area contributed by atoms with Crippen molar-refractivity contribution in [2.75, 3.05) is 19.6 Å². The first kappa shape index (κ1) is 19.9. The molecule has 1 fully saturated rings. The fourth-order valence-corrected chi connectivity index (χ4v) is 3.96. The van der Waals surface area contributed by atoms with Crippen molar-refractivity contribution >= 4 is 29.7 Å². The van der Waals surface area contributed by atoms with Crippen LogP contribution in [0, 0.1) is 4.77 Å². The Morgan fingerprint density at radius 1 is 1.28 bits per heavy atom. The number of hydrogen-bond donors (Lipinski definition) is 2. The van der Waals surface area contributed by atoms with Gasteiger partial charge in [0.15, 0.2) is 10.6 Å². The van der Waals surface area contributed by atoms with Gasteiger partial charge in [0.25, 0.3) is 0 Å². The van der Waals surface area contributed by atoms with Gasteiger partial charge in [-0.15, -0.1) is 0 Å². The molecule has 29 heavy (non-hydrogen) atoms. The topological polar surface area (TPSA) is 79.1 Å². The maximum absolute atomic E-state index is 12.7. The fraction of sp³-hybridized carbons (Fsp3) is 0.350. The van der Waals surface area contributed by atoms with Crippen LogP contribution in [0.4, 0.5) is 0 Å². The number of likely N-dealkylation sites (tertiary alicyclic amines) is 1. The number of carbonyl (C=O) groups is 1. The second-order valence-electron chi connectivity index (χ2n) is 7.02. The van der Waals surface area contributed by atoms with Crippen LogP contribution in [0.15, 0.2) is 47.1 Å². The molecule has 1 aliphatic heterocycles. The van der Waals surface area contributed by atoms with Gasteiger partial charge in [0, 0.05) is 17.1 Å². The van der Waals surface area contributed by atoms with Crippen LogP contribution in [-0.4, -0.2) is 45.2 Å². The van der Waals surface area contributed by atoms with E-state index in [4.69, 9.17) is 28.2 Å². The highest BCUT2D eigenvalue weighted by Crippen LogP contribution is 2.25. The molecule has 1 aliphatic rings. The highest BCUT2D eigenvalue weighted by Gasteiger charge is 2.26. The number of rotatable bonds is 7. The van der Waals surface area contributed by atoms with E-state index in [2.05, 4.69) is 20.4 Å². The van der Waals surface area contributed by atoms with E-state index in [1.165, 1.54) is 12.8 Å². The average molecular weight is 432 g/mol. The Labute approximate surface area is 178 Å². The third-order valence-electron chi connectivity index (χ3n) is 5.11. The summed E-state index contributed by atoms with van der Waals surface area (Å²) in [6.07, 6.45) is 4.00. The van der Waals surface area contributed by atoms with Crippen molar-refractivity contribution in [1.29, 1.82) is 0 Å². The summed E-state index contributed by atoms with van der Waals surface area (Å²) in [5.41, 5.74) is 0.833. The number of benzene rings is 1. The molecule has 0 bridgehead atoms. The quantitative estimate of drug-likeness (QED) is 0.556. The molecule has 3 heterocycles. The predicted molar refractivity (Wildman–Crippen MR) is 113 cm³/mol. The van der Waals surface area contributed by atoms with E-state index in [0.29, 0.717) is 22.2 Å². The van der Waals surface area contributed by atoms with Crippen LogP contribution in [-0.2, 0) is 11.3 Å². The van der Waals surface area contributed by atoms with E-state index in [9.17, 15) is 4.79 Å². The van der Waals surface area contributed by atoms with Crippen molar-refractivity contribution in [3.05, 3.63) is 58.2 Å². The maximum atomic E-state index is 12.7. The summed E-state index contributed by atoms with van der Waals surface area (Å²) >= 11 is 11.3. The van der Waals surface area contributed by atoms with Gasteiger partial charge in [-0.25, -0.2) is 0 Å². The molecule has 1 saturated heterocycles. The molecule has 7 nitrogen and oxygen atoms in total. The molecule has 3 aromatic rings. The molecule has 2 aromatic heterocycles. The number of nitrogens with zero attached hydrogens (tertiary/aromatic N) is 3. The number of carbonyl (C=O) groups excluding carboxylic acids is 1. The number of furan rings is 1. The molecular weight excluding hydrogens is 410 g/mol. The number of nitrogens with one attached hydrogen (secondary N) is 2. The van der Waals surface area contributed by atoms with Gasteiger partial charge in [0.05, 0.1) is 12.3 Å². The van der Waals surface area contributed by atoms with Crippen LogP contribution in [0.2, 0.25) is 5.02 Å². The monoisotopic (exact) mass is 431 g/mol. The molecule has 0 saturated carbocycles. The van der Waals surface area contributed by atoms with E-state index in [0.717, 1.165) is 24.4 Å². The Morgan fingerprint density at radius 2 is 2.03 bits per heavy atom. The molecule has 9 heteroatoms. The number of amides is 1. The second-order valence-corrected chi connectivity index (χ2v) is 7.85. The molecule has 2 N–H and O–H groups in total. The minimum absolute atomic E-state index is 0.0320. The van der Waals surface area contributed by atoms with Crippen molar-refractivity contribution in [2.45, 2.75) is 25.4 Å². The van der Waals surface area contributed by atoms with Gasteiger partial charge in [0.2, 0.25) is 5.91 Å². The summed E-state index contributed by atoms with van der Waals surface area (Å²) in [4.78, 5) is 15.0. The Hall–Kier alpha value is -2.42. The normalized spacial score (nSPS) is 15.5. The second kappa shape index (κ2) is 8.94. The summed E-state index contributed by atoms with van der Waals surface area (Å²) < 4.78 is 7.69. The lowest BCUT2D eigenvalue weighted by Crippen LogP contribution is -2.38. The number of halogens is 1. The lowest BCUT2D eigenvalue weighted by Gasteiger charge is -2.26. The molecule has 0 radical (unpaired) electrons. The third-order valence-corrected chi connectivity index (χ3v) is 5.67. The number of H-pyrrole nitrogens is 1. The van der Waals surface area contributed by atoms with E-state index in [-0.39, 0.29) is 18.5 Å². The van der Waals surface area contributed by atoms with Crippen molar-refractivity contribution in [3.8, 4) is 11.4 Å². The molecule has 1 atom stereocenters. The average Bonchev–Trinajstić information content (AvgIpc) is 3.47. The molecule has 0 spiro atoms. The van der Waals surface area contributed by atoms with Gasteiger partial charge < -0.3 is 9.73 Å². The standard InChI is InChI=1S/C20H22ClN5O2S/c21-15-7-5-14(6-8-15)19-23-24-20(29)26(19)13-18(27)22-12-16(17-4-3-11-28-17)25-9-1-2-10-25/h3-8,11,16H,1-2,9-10,12-13H2,(H,22,27)(H,24,29). The fourth-order valence-electron chi connectivity index (χ4n) is 3.64. The molecule has 1 unspecified atom stereocenters. The van der Waals surface area contributed by atoms with E-state index < -0.39 is 0 Å². The highest BCUT2D eigenvalue weighted by molar-refractivity contribution is 7.71. The largest absolute Gasteiger partial charge is 0.468 e. The summed E-state index contributed by atoms with van der Waals surface area (Å²) in [5, 5.41) is 10.7. The summed E-state index contributed by atoms with van der Waals surface area (Å²) in [6, 6.07) is 11.1. The number of aromatic nitrogens is 3. The predicted octanol–water partition coefficient (Wildman–Crippen LogP) is 3.81. The van der Waals surface area contributed by atoms with Crippen LogP contribution in [0.1, 0.15) is 24.6 Å². The summed E-state index contributed by atoms with van der Waals surface area (Å²) in [6.45, 7) is 2.58. The van der Waals surface area contributed by atoms with Gasteiger partial charge in [0.1, 0.15) is 12.3 Å². The molecule has 1 amide bonds. The Morgan fingerprint density at radius 3 is 2.72 bits per heavy atom. The van der Waals surface area contributed by atoms with Crippen molar-refractivity contribution in [2.24, 2.45) is 0 Å². The minimum Gasteiger partial charge on any atom is -0.468 e. The van der Waals surface area contributed by atoms with Gasteiger partial charge in [-0.05, 0) is 74.5 Å². The summed E-state index contributed by atoms with van der Waals surface area (Å²) in [5.74, 6) is 1.34. The zero-order chi connectivity index (χ0) is 20.2. The maximum Gasteiger partial charge on any atom is 0.240 e. The van der Waals surface area contributed by atoms with Gasteiger partial charge in [-0.3, -0.25) is 19.4 Å². The van der Waals surface area contributed by atoms with E-state index in [1.54, 1.807) is 23.0 Å². The zero-order valence-electron chi connectivity index (χ0n) is 15.8. The lowest BCUT2D eigenvalue weighted by atomic mass is 10.2. The third kappa shape index (κ3) is 4.60. The van der Waals surface area contributed by atoms with Crippen molar-refractivity contribution < 1.29 is 9.21 Å². The lowest BCUT2D eigenvalue weighted by molar-refractivity contribution is -0.121. The van der Waals surface area contributed by atoms with Gasteiger partial charge in [-0.1, -0.05) is 11.6 Å². The van der Waals surface area contributed by atoms with Crippen LogP contribution in [0.3, 0.4) is 0 Å². The van der Waals surface area contributed by atoms with Crippen LogP contribution >= 0.6 is 23.8 Å². The Balaban J connectivity index is 1.45. The molecular formula is C20H22ClN5O2S. The number of hydrogen-bond acceptors (Lipinski definition) is 5. The molecule has 0 aliphatic carbocycles. The number of aromatic amines is 1. The summed E-state index contributed by atoms with van der Waals surface area (Å²) in [7, 11) is 0. The van der Waals surface area contributed by atoms with Crippen LogP contribution < -0.4 is 5.32 Å². The minimum atomic E-state index is -0.131. The SMILES string of the molecule is O=C(Cn1c(-c2ccc(Cl)cc2)n[nH]c1=S)NCC(c1ccco1)N1CCCC1. The first-order valence-corrected chi connectivity index (χ1v) is 10.4. The first-order valence-electron chi connectivity index (χ1n) is 9.57. The van der Waals surface area contributed by atoms with Gasteiger partial charge in [-0.2, -0.15) is 5.10 Å². The van der Waals surface area contributed by atoms with Gasteiger partial charge >= 0.3 is 0 Å². The molecule has 4 rings (SSSR count). The first-order chi connectivity index (χ1) is 14.1. The highest BCUT2D eigenvalue weighted by atomic mass is 35.5. The zero-order valence-corrected chi connectivity index (χ0v) is 17.4. The molecule has 1 aromatic carbocycles. The van der Waals surface area contributed by atoms with Crippen LogP contribution in [0.25, 0.3) is 11.4 Å². The smallest absolute Gasteiger partial charge is 0.240 e. The molecule has 152 valence electrons. The Kier molecular flexibility index (Phi) is 6.13. The Bertz CT molecular complexity index is 1010.